The standard InChI is InChI=1S/C23H27N5O2/c1-16-7-9-20(13-17(16)2)25-23(29)28-12-4-5-18(15-28)8-10-21-26-22(30-27-21)19-6-3-11-24-14-19/h3,6-7,9,11,13-14,18H,4-5,8,10,12,15H2,1-2H3,(H,25,29). The number of aryl methyl sites for hydroxylation is 3. The number of anilines is 1. The highest BCUT2D eigenvalue weighted by atomic mass is 16.5. The van der Waals surface area contributed by atoms with Crippen molar-refractivity contribution in [2.75, 3.05) is 18.4 Å². The third kappa shape index (κ3) is 4.84. The van der Waals surface area contributed by atoms with Crippen molar-refractivity contribution in [3.05, 3.63) is 59.7 Å². The average molecular weight is 406 g/mol. The third-order valence-electron chi connectivity index (χ3n) is 5.72. The Labute approximate surface area is 176 Å². The SMILES string of the molecule is Cc1ccc(NC(=O)N2CCCC(CCc3noc(-c4cccnc4)n3)C2)cc1C. The largest absolute Gasteiger partial charge is 0.334 e. The number of amides is 2. The summed E-state index contributed by atoms with van der Waals surface area (Å²) in [5, 5.41) is 7.13. The minimum absolute atomic E-state index is 0.0265. The molecule has 2 amide bonds. The zero-order chi connectivity index (χ0) is 20.9. The number of carbonyl (C=O) groups is 1. The minimum Gasteiger partial charge on any atom is -0.334 e. The number of pyridine rings is 1. The van der Waals surface area contributed by atoms with Crippen molar-refractivity contribution in [1.29, 1.82) is 0 Å². The summed E-state index contributed by atoms with van der Waals surface area (Å²) in [6.45, 7) is 5.67. The van der Waals surface area contributed by atoms with Gasteiger partial charge in [0, 0.05) is 37.6 Å². The second-order valence-corrected chi connectivity index (χ2v) is 7.98. The fraction of sp³-hybridized carbons (Fsp3) is 0.391. The monoisotopic (exact) mass is 405 g/mol. The van der Waals surface area contributed by atoms with E-state index in [1.165, 1.54) is 11.1 Å². The predicted octanol–water partition coefficient (Wildman–Crippen LogP) is 4.63. The van der Waals surface area contributed by atoms with E-state index in [1.807, 2.05) is 35.2 Å². The van der Waals surface area contributed by atoms with Gasteiger partial charge in [-0.25, -0.2) is 4.79 Å². The van der Waals surface area contributed by atoms with Crippen LogP contribution >= 0.6 is 0 Å². The number of carbonyl (C=O) groups excluding carboxylic acids is 1. The Morgan fingerprint density at radius 2 is 2.17 bits per heavy atom. The van der Waals surface area contributed by atoms with E-state index in [0.717, 1.165) is 50.0 Å². The Hall–Kier alpha value is -3.22. The molecule has 7 nitrogen and oxygen atoms in total. The lowest BCUT2D eigenvalue weighted by molar-refractivity contribution is 0.174. The van der Waals surface area contributed by atoms with Crippen LogP contribution in [0.1, 0.15) is 36.2 Å². The molecule has 0 radical (unpaired) electrons. The molecule has 2 aromatic heterocycles. The number of rotatable bonds is 5. The maximum atomic E-state index is 12.7. The number of benzene rings is 1. The van der Waals surface area contributed by atoms with Gasteiger partial charge in [-0.15, -0.1) is 0 Å². The van der Waals surface area contributed by atoms with E-state index in [1.54, 1.807) is 12.4 Å². The first kappa shape index (κ1) is 20.1. The summed E-state index contributed by atoms with van der Waals surface area (Å²) in [5.41, 5.74) is 4.07. The van der Waals surface area contributed by atoms with Gasteiger partial charge in [0.1, 0.15) is 0 Å². The number of hydrogen-bond acceptors (Lipinski definition) is 5. The van der Waals surface area contributed by atoms with Gasteiger partial charge in [0.05, 0.1) is 5.56 Å². The highest BCUT2D eigenvalue weighted by Crippen LogP contribution is 2.23. The van der Waals surface area contributed by atoms with Gasteiger partial charge in [-0.3, -0.25) is 4.98 Å². The molecule has 1 fully saturated rings. The summed E-state index contributed by atoms with van der Waals surface area (Å²) in [4.78, 5) is 23.2. The Morgan fingerprint density at radius 3 is 2.97 bits per heavy atom. The minimum atomic E-state index is -0.0265. The first-order chi connectivity index (χ1) is 14.6. The van der Waals surface area contributed by atoms with Gasteiger partial charge in [-0.2, -0.15) is 4.98 Å². The molecule has 1 aromatic carbocycles. The van der Waals surface area contributed by atoms with Gasteiger partial charge in [-0.1, -0.05) is 11.2 Å². The van der Waals surface area contributed by atoms with Crippen LogP contribution in [-0.4, -0.2) is 39.1 Å². The van der Waals surface area contributed by atoms with Gasteiger partial charge in [0.25, 0.3) is 5.89 Å². The number of likely N-dealkylation sites (tertiary alicyclic amines) is 1. The van der Waals surface area contributed by atoms with E-state index in [4.69, 9.17) is 4.52 Å². The molecule has 7 heteroatoms. The smallest absolute Gasteiger partial charge is 0.321 e. The van der Waals surface area contributed by atoms with Crippen LogP contribution in [0.4, 0.5) is 10.5 Å². The quantitative estimate of drug-likeness (QED) is 0.669. The fourth-order valence-corrected chi connectivity index (χ4v) is 3.80. The summed E-state index contributed by atoms with van der Waals surface area (Å²) in [5.74, 6) is 1.63. The Balaban J connectivity index is 1.30. The molecule has 0 saturated carbocycles. The molecular formula is C23H27N5O2. The number of urea groups is 1. The molecule has 1 saturated heterocycles. The molecule has 3 aromatic rings. The summed E-state index contributed by atoms with van der Waals surface area (Å²) in [7, 11) is 0. The molecule has 1 atom stereocenters. The summed E-state index contributed by atoms with van der Waals surface area (Å²) in [6, 6.07) is 9.73. The van der Waals surface area contributed by atoms with Crippen LogP contribution in [0.5, 0.6) is 0 Å². The Kier molecular flexibility index (Phi) is 6.07. The fourth-order valence-electron chi connectivity index (χ4n) is 3.80. The van der Waals surface area contributed by atoms with E-state index in [0.29, 0.717) is 17.6 Å². The molecule has 0 bridgehead atoms. The Morgan fingerprint density at radius 1 is 1.27 bits per heavy atom. The Bertz CT molecular complexity index is 1000. The van der Waals surface area contributed by atoms with Gasteiger partial charge >= 0.3 is 6.03 Å². The zero-order valence-corrected chi connectivity index (χ0v) is 17.5. The van der Waals surface area contributed by atoms with Gasteiger partial charge in [0.2, 0.25) is 0 Å². The lowest BCUT2D eigenvalue weighted by Gasteiger charge is -2.32. The topological polar surface area (TPSA) is 84.2 Å². The molecule has 4 rings (SSSR count). The summed E-state index contributed by atoms with van der Waals surface area (Å²) in [6.07, 6.45) is 7.22. The molecule has 30 heavy (non-hydrogen) atoms. The molecule has 1 aliphatic rings. The zero-order valence-electron chi connectivity index (χ0n) is 17.5. The van der Waals surface area contributed by atoms with Crippen molar-refractivity contribution >= 4 is 11.7 Å². The third-order valence-corrected chi connectivity index (χ3v) is 5.72. The van der Waals surface area contributed by atoms with Crippen molar-refractivity contribution in [2.24, 2.45) is 5.92 Å². The number of aromatic nitrogens is 3. The summed E-state index contributed by atoms with van der Waals surface area (Å²) < 4.78 is 5.36. The predicted molar refractivity (Wildman–Crippen MR) is 115 cm³/mol. The van der Waals surface area contributed by atoms with Crippen molar-refractivity contribution in [3.8, 4) is 11.5 Å². The lowest BCUT2D eigenvalue weighted by atomic mass is 9.93. The highest BCUT2D eigenvalue weighted by Gasteiger charge is 2.24. The van der Waals surface area contributed by atoms with Crippen molar-refractivity contribution in [1.82, 2.24) is 20.0 Å². The van der Waals surface area contributed by atoms with Gasteiger partial charge < -0.3 is 14.7 Å². The molecular weight excluding hydrogens is 378 g/mol. The number of piperidine rings is 1. The van der Waals surface area contributed by atoms with Crippen molar-refractivity contribution in [3.63, 3.8) is 0 Å². The maximum absolute atomic E-state index is 12.7. The molecule has 0 spiro atoms. The van der Waals surface area contributed by atoms with Gasteiger partial charge in [0.15, 0.2) is 5.82 Å². The molecule has 1 aliphatic heterocycles. The van der Waals surface area contributed by atoms with Crippen molar-refractivity contribution < 1.29 is 9.32 Å². The van der Waals surface area contributed by atoms with Crippen molar-refractivity contribution in [2.45, 2.75) is 39.5 Å². The van der Waals surface area contributed by atoms with Gasteiger partial charge in [-0.05, 0) is 74.4 Å². The molecule has 1 unspecified atom stereocenters. The van der Waals surface area contributed by atoms with Crippen LogP contribution in [0.2, 0.25) is 0 Å². The molecule has 1 N–H and O–H groups in total. The highest BCUT2D eigenvalue weighted by molar-refractivity contribution is 5.89. The first-order valence-electron chi connectivity index (χ1n) is 10.4. The van der Waals surface area contributed by atoms with Crippen LogP contribution in [0.15, 0.2) is 47.2 Å². The normalized spacial score (nSPS) is 16.5. The number of hydrogen-bond donors (Lipinski definition) is 1. The number of nitrogens with zero attached hydrogens (tertiary/aromatic N) is 4. The summed E-state index contributed by atoms with van der Waals surface area (Å²) >= 11 is 0. The van der Waals surface area contributed by atoms with Crippen LogP contribution in [-0.2, 0) is 6.42 Å². The average Bonchev–Trinajstić information content (AvgIpc) is 3.25. The maximum Gasteiger partial charge on any atom is 0.321 e. The van der Waals surface area contributed by atoms with E-state index in [9.17, 15) is 4.79 Å². The molecule has 156 valence electrons. The van der Waals surface area contributed by atoms with Crippen LogP contribution in [0, 0.1) is 19.8 Å². The number of nitrogens with one attached hydrogen (secondary N) is 1. The van der Waals surface area contributed by atoms with E-state index < -0.39 is 0 Å². The second kappa shape index (κ2) is 9.07. The molecule has 3 heterocycles. The first-order valence-corrected chi connectivity index (χ1v) is 10.4. The van der Waals surface area contributed by atoms with E-state index in [2.05, 4.69) is 34.3 Å². The van der Waals surface area contributed by atoms with E-state index >= 15 is 0 Å². The van der Waals surface area contributed by atoms with Crippen LogP contribution < -0.4 is 5.32 Å². The van der Waals surface area contributed by atoms with Crippen LogP contribution in [0.3, 0.4) is 0 Å². The second-order valence-electron chi connectivity index (χ2n) is 7.98. The van der Waals surface area contributed by atoms with E-state index in [-0.39, 0.29) is 6.03 Å². The molecule has 0 aliphatic carbocycles. The lowest BCUT2D eigenvalue weighted by Crippen LogP contribution is -2.42. The van der Waals surface area contributed by atoms with Crippen LogP contribution in [0.25, 0.3) is 11.5 Å².